The van der Waals surface area contributed by atoms with Crippen molar-refractivity contribution in [1.82, 2.24) is 14.8 Å². The third-order valence-corrected chi connectivity index (χ3v) is 3.40. The Morgan fingerprint density at radius 2 is 2.22 bits per heavy atom. The van der Waals surface area contributed by atoms with E-state index < -0.39 is 5.97 Å². The molecule has 2 heterocycles. The highest BCUT2D eigenvalue weighted by molar-refractivity contribution is 9.10. The average molecular weight is 312 g/mol. The summed E-state index contributed by atoms with van der Waals surface area (Å²) in [4.78, 5) is 15.8. The van der Waals surface area contributed by atoms with Gasteiger partial charge in [0.2, 0.25) is 0 Å². The smallest absolute Gasteiger partial charge is 0.340 e. The van der Waals surface area contributed by atoms with Crippen molar-refractivity contribution in [3.05, 3.63) is 22.4 Å². The lowest BCUT2D eigenvalue weighted by atomic mass is 10.2. The van der Waals surface area contributed by atoms with E-state index in [1.807, 2.05) is 4.68 Å². The monoisotopic (exact) mass is 311 g/mol. The number of rotatable bonds is 3. The molecule has 0 amide bonds. The number of aromatic nitrogens is 3. The van der Waals surface area contributed by atoms with Crippen molar-refractivity contribution in [3.8, 4) is 0 Å². The molecule has 6 heteroatoms. The van der Waals surface area contributed by atoms with Crippen LogP contribution in [0.4, 0.5) is 0 Å². The van der Waals surface area contributed by atoms with E-state index in [4.69, 9.17) is 4.74 Å². The van der Waals surface area contributed by atoms with E-state index in [1.54, 1.807) is 6.20 Å². The van der Waals surface area contributed by atoms with Crippen LogP contribution in [0.2, 0.25) is 0 Å². The van der Waals surface area contributed by atoms with Gasteiger partial charge in [0.05, 0.1) is 24.3 Å². The molecule has 96 valence electrons. The molecule has 2 aromatic heterocycles. The summed E-state index contributed by atoms with van der Waals surface area (Å²) in [5, 5.41) is 5.11. The highest BCUT2D eigenvalue weighted by atomic mass is 79.9. The number of hydrogen-bond acceptors (Lipinski definition) is 4. The van der Waals surface area contributed by atoms with Gasteiger partial charge in [-0.1, -0.05) is 13.8 Å². The first-order valence-corrected chi connectivity index (χ1v) is 6.42. The van der Waals surface area contributed by atoms with Gasteiger partial charge in [-0.3, -0.25) is 0 Å². The summed E-state index contributed by atoms with van der Waals surface area (Å²) in [5.41, 5.74) is 1.18. The molecule has 0 N–H and O–H groups in total. The summed E-state index contributed by atoms with van der Waals surface area (Å²) >= 11 is 3.41. The van der Waals surface area contributed by atoms with E-state index in [9.17, 15) is 4.79 Å². The number of pyridine rings is 1. The van der Waals surface area contributed by atoms with Crippen molar-refractivity contribution in [2.45, 2.75) is 20.4 Å². The van der Waals surface area contributed by atoms with Gasteiger partial charge in [-0.15, -0.1) is 0 Å². The van der Waals surface area contributed by atoms with Gasteiger partial charge in [0, 0.05) is 17.2 Å². The molecule has 18 heavy (non-hydrogen) atoms. The molecule has 0 radical (unpaired) electrons. The molecule has 0 unspecified atom stereocenters. The predicted octanol–water partition coefficient (Wildman–Crippen LogP) is 2.64. The number of nitrogens with zero attached hydrogens (tertiary/aromatic N) is 3. The number of ether oxygens (including phenoxy) is 1. The van der Waals surface area contributed by atoms with Crippen LogP contribution in [0.25, 0.3) is 11.0 Å². The van der Waals surface area contributed by atoms with E-state index in [2.05, 4.69) is 39.9 Å². The zero-order valence-electron chi connectivity index (χ0n) is 10.5. The van der Waals surface area contributed by atoms with Crippen molar-refractivity contribution in [2.75, 3.05) is 7.11 Å². The lowest BCUT2D eigenvalue weighted by molar-refractivity contribution is 0.0599. The van der Waals surface area contributed by atoms with Crippen LogP contribution in [-0.2, 0) is 11.3 Å². The van der Waals surface area contributed by atoms with Crippen molar-refractivity contribution in [3.63, 3.8) is 0 Å². The number of esters is 1. The van der Waals surface area contributed by atoms with Gasteiger partial charge >= 0.3 is 5.97 Å². The lowest BCUT2D eigenvalue weighted by Gasteiger charge is -2.07. The van der Waals surface area contributed by atoms with Gasteiger partial charge in [0.25, 0.3) is 0 Å². The molecule has 0 saturated carbocycles. The zero-order chi connectivity index (χ0) is 13.3. The van der Waals surface area contributed by atoms with E-state index in [1.165, 1.54) is 13.3 Å². The molecule has 0 aliphatic heterocycles. The third-order valence-electron chi connectivity index (χ3n) is 2.54. The molecule has 0 aromatic carbocycles. The molecule has 2 aromatic rings. The number of halogens is 1. The fourth-order valence-corrected chi connectivity index (χ4v) is 2.27. The normalized spacial score (nSPS) is 11.2. The Labute approximate surface area is 113 Å². The second-order valence-corrected chi connectivity index (χ2v) is 5.23. The van der Waals surface area contributed by atoms with Crippen molar-refractivity contribution in [1.29, 1.82) is 0 Å². The SMILES string of the molecule is COC(=O)c1cnc2c(cnn2CC(C)C)c1Br. The van der Waals surface area contributed by atoms with E-state index >= 15 is 0 Å². The first-order chi connectivity index (χ1) is 8.54. The van der Waals surface area contributed by atoms with E-state index in [-0.39, 0.29) is 0 Å². The van der Waals surface area contributed by atoms with Crippen LogP contribution in [-0.4, -0.2) is 27.8 Å². The summed E-state index contributed by atoms with van der Waals surface area (Å²) in [7, 11) is 1.35. The first-order valence-electron chi connectivity index (χ1n) is 5.63. The highest BCUT2D eigenvalue weighted by Gasteiger charge is 2.16. The molecule has 5 nitrogen and oxygen atoms in total. The Kier molecular flexibility index (Phi) is 3.65. The molecule has 0 aliphatic carbocycles. The quantitative estimate of drug-likeness (QED) is 0.818. The molecule has 0 bridgehead atoms. The van der Waals surface area contributed by atoms with Crippen LogP contribution in [0, 0.1) is 5.92 Å². The second-order valence-electron chi connectivity index (χ2n) is 4.44. The van der Waals surface area contributed by atoms with Gasteiger partial charge in [-0.25, -0.2) is 14.5 Å². The van der Waals surface area contributed by atoms with Crippen LogP contribution >= 0.6 is 15.9 Å². The Morgan fingerprint density at radius 1 is 1.50 bits per heavy atom. The van der Waals surface area contributed by atoms with Crippen LogP contribution < -0.4 is 0 Å². The average Bonchev–Trinajstić information content (AvgIpc) is 2.72. The summed E-state index contributed by atoms with van der Waals surface area (Å²) in [5.74, 6) is 0.0712. The summed E-state index contributed by atoms with van der Waals surface area (Å²) in [6.45, 7) is 5.03. The van der Waals surface area contributed by atoms with Crippen LogP contribution in [0.3, 0.4) is 0 Å². The minimum atomic E-state index is -0.409. The Hall–Kier alpha value is -1.43. The largest absolute Gasteiger partial charge is 0.465 e. The number of methoxy groups -OCH3 is 1. The fourth-order valence-electron chi connectivity index (χ4n) is 1.73. The molecular formula is C12H14BrN3O2. The number of fused-ring (bicyclic) bond motifs is 1. The Morgan fingerprint density at radius 3 is 2.83 bits per heavy atom. The molecule has 0 spiro atoms. The van der Waals surface area contributed by atoms with Crippen molar-refractivity contribution in [2.24, 2.45) is 5.92 Å². The fraction of sp³-hybridized carbons (Fsp3) is 0.417. The maximum Gasteiger partial charge on any atom is 0.340 e. The standard InChI is InChI=1S/C12H14BrN3O2/c1-7(2)6-16-11-8(5-15-16)10(13)9(4-14-11)12(17)18-3/h4-5,7H,6H2,1-3H3. The maximum absolute atomic E-state index is 11.5. The van der Waals surface area contributed by atoms with Crippen molar-refractivity contribution >= 4 is 32.9 Å². The molecule has 2 rings (SSSR count). The minimum absolute atomic E-state index is 0.409. The third kappa shape index (κ3) is 2.25. The van der Waals surface area contributed by atoms with Gasteiger partial charge in [-0.05, 0) is 21.8 Å². The predicted molar refractivity (Wildman–Crippen MR) is 71.4 cm³/mol. The van der Waals surface area contributed by atoms with Crippen LogP contribution in [0.1, 0.15) is 24.2 Å². The number of carbonyl (C=O) groups is 1. The summed E-state index contributed by atoms with van der Waals surface area (Å²) in [6.07, 6.45) is 3.22. The summed E-state index contributed by atoms with van der Waals surface area (Å²) in [6, 6.07) is 0. The number of hydrogen-bond donors (Lipinski definition) is 0. The zero-order valence-corrected chi connectivity index (χ0v) is 12.1. The van der Waals surface area contributed by atoms with E-state index in [0.717, 1.165) is 17.6 Å². The summed E-state index contributed by atoms with van der Waals surface area (Å²) < 4.78 is 7.22. The van der Waals surface area contributed by atoms with Gasteiger partial charge in [0.15, 0.2) is 5.65 Å². The second kappa shape index (κ2) is 5.06. The molecule has 0 aliphatic rings. The van der Waals surface area contributed by atoms with Gasteiger partial charge < -0.3 is 4.74 Å². The Balaban J connectivity index is 2.53. The topological polar surface area (TPSA) is 57.0 Å². The molecule has 0 fully saturated rings. The highest BCUT2D eigenvalue weighted by Crippen LogP contribution is 2.26. The van der Waals surface area contributed by atoms with Gasteiger partial charge in [-0.2, -0.15) is 5.10 Å². The van der Waals surface area contributed by atoms with E-state index in [0.29, 0.717) is 16.0 Å². The maximum atomic E-state index is 11.5. The lowest BCUT2D eigenvalue weighted by Crippen LogP contribution is -2.08. The van der Waals surface area contributed by atoms with Gasteiger partial charge in [0.1, 0.15) is 0 Å². The minimum Gasteiger partial charge on any atom is -0.465 e. The number of carbonyl (C=O) groups excluding carboxylic acids is 1. The molecule has 0 atom stereocenters. The van der Waals surface area contributed by atoms with Crippen LogP contribution in [0.5, 0.6) is 0 Å². The van der Waals surface area contributed by atoms with Crippen LogP contribution in [0.15, 0.2) is 16.9 Å². The molecular weight excluding hydrogens is 298 g/mol. The molecule has 0 saturated heterocycles. The first kappa shape index (κ1) is 13.0. The Bertz CT molecular complexity index is 592. The van der Waals surface area contributed by atoms with Crippen molar-refractivity contribution < 1.29 is 9.53 Å².